The van der Waals surface area contributed by atoms with Crippen molar-refractivity contribution in [2.45, 2.75) is 19.9 Å². The van der Waals surface area contributed by atoms with Crippen LogP contribution in [-0.2, 0) is 4.79 Å². The van der Waals surface area contributed by atoms with E-state index in [9.17, 15) is 14.4 Å². The summed E-state index contributed by atoms with van der Waals surface area (Å²) in [5.74, 6) is -0.0299. The first kappa shape index (κ1) is 28.8. The molecule has 3 aromatic rings. The van der Waals surface area contributed by atoms with Crippen molar-refractivity contribution in [2.24, 2.45) is 5.92 Å². The van der Waals surface area contributed by atoms with Crippen LogP contribution in [0.2, 0.25) is 0 Å². The maximum absolute atomic E-state index is 13.3. The van der Waals surface area contributed by atoms with Crippen LogP contribution in [0, 0.1) is 5.92 Å². The molecule has 1 heterocycles. The Labute approximate surface area is 226 Å². The first-order valence-corrected chi connectivity index (χ1v) is 12.0. The average Bonchev–Trinajstić information content (AvgIpc) is 2.95. The van der Waals surface area contributed by atoms with Gasteiger partial charge in [0.2, 0.25) is 5.91 Å². The highest BCUT2D eigenvalue weighted by atomic mass is 16.5. The van der Waals surface area contributed by atoms with Crippen molar-refractivity contribution >= 4 is 29.1 Å². The summed E-state index contributed by atoms with van der Waals surface area (Å²) >= 11 is 0. The molecule has 0 fully saturated rings. The second-order valence-electron chi connectivity index (χ2n) is 8.69. The summed E-state index contributed by atoms with van der Waals surface area (Å²) in [6, 6.07) is 10.4. The molecule has 11 nitrogen and oxygen atoms in total. The molecule has 0 radical (unpaired) electrons. The van der Waals surface area contributed by atoms with E-state index < -0.39 is 23.8 Å². The number of nitrogens with zero attached hydrogens (tertiary/aromatic N) is 1. The lowest BCUT2D eigenvalue weighted by Crippen LogP contribution is -2.47. The number of methoxy groups -OCH3 is 4. The van der Waals surface area contributed by atoms with Crippen molar-refractivity contribution in [1.29, 1.82) is 0 Å². The van der Waals surface area contributed by atoms with Gasteiger partial charge in [0, 0.05) is 24.5 Å². The minimum absolute atomic E-state index is 0.00274. The zero-order valence-electron chi connectivity index (χ0n) is 22.7. The fraction of sp³-hybridized carbons (Fsp3) is 0.286. The summed E-state index contributed by atoms with van der Waals surface area (Å²) in [5, 5.41) is 8.27. The number of benzene rings is 2. The van der Waals surface area contributed by atoms with Gasteiger partial charge in [0.15, 0.2) is 0 Å². The minimum atomic E-state index is -0.929. The zero-order chi connectivity index (χ0) is 28.5. The maximum atomic E-state index is 13.3. The van der Waals surface area contributed by atoms with Gasteiger partial charge in [-0.25, -0.2) is 0 Å². The summed E-state index contributed by atoms with van der Waals surface area (Å²) in [7, 11) is 5.99. The van der Waals surface area contributed by atoms with Gasteiger partial charge in [0.05, 0.1) is 50.9 Å². The number of hydrogen-bond donors (Lipinski definition) is 3. The summed E-state index contributed by atoms with van der Waals surface area (Å²) < 4.78 is 21.1. The van der Waals surface area contributed by atoms with Gasteiger partial charge in [-0.3, -0.25) is 19.4 Å². The molecule has 0 aliphatic heterocycles. The van der Waals surface area contributed by atoms with Crippen molar-refractivity contribution in [2.75, 3.05) is 39.1 Å². The molecule has 0 aliphatic carbocycles. The van der Waals surface area contributed by atoms with Gasteiger partial charge in [0.25, 0.3) is 11.8 Å². The molecule has 1 atom stereocenters. The van der Waals surface area contributed by atoms with Gasteiger partial charge in [-0.05, 0) is 36.2 Å². The predicted molar refractivity (Wildman–Crippen MR) is 146 cm³/mol. The fourth-order valence-corrected chi connectivity index (χ4v) is 3.73. The molecular weight excluding hydrogens is 504 g/mol. The number of amides is 3. The number of anilines is 2. The van der Waals surface area contributed by atoms with Crippen molar-refractivity contribution in [3.8, 4) is 23.0 Å². The Kier molecular flexibility index (Phi) is 9.69. The van der Waals surface area contributed by atoms with Crippen LogP contribution in [0.25, 0.3) is 0 Å². The van der Waals surface area contributed by atoms with Crippen LogP contribution in [-0.4, -0.2) is 57.2 Å². The van der Waals surface area contributed by atoms with Crippen LogP contribution >= 0.6 is 0 Å². The number of pyridine rings is 1. The Hall–Kier alpha value is -4.80. The summed E-state index contributed by atoms with van der Waals surface area (Å²) in [4.78, 5) is 43.7. The van der Waals surface area contributed by atoms with E-state index in [1.165, 1.54) is 46.9 Å². The van der Waals surface area contributed by atoms with E-state index in [0.717, 1.165) is 0 Å². The number of nitrogens with one attached hydrogen (secondary N) is 3. The highest BCUT2D eigenvalue weighted by molar-refractivity contribution is 6.13. The number of carbonyl (C=O) groups is 3. The van der Waals surface area contributed by atoms with Crippen molar-refractivity contribution < 1.29 is 33.3 Å². The number of ether oxygens (including phenoxy) is 4. The molecule has 206 valence electrons. The Morgan fingerprint density at radius 3 is 1.79 bits per heavy atom. The summed E-state index contributed by atoms with van der Waals surface area (Å²) in [5.41, 5.74) is 0.875. The van der Waals surface area contributed by atoms with Crippen LogP contribution in [0.5, 0.6) is 23.0 Å². The monoisotopic (exact) mass is 536 g/mol. The first-order valence-electron chi connectivity index (χ1n) is 12.0. The molecule has 1 aromatic heterocycles. The molecule has 0 unspecified atom stereocenters. The van der Waals surface area contributed by atoms with Gasteiger partial charge in [-0.1, -0.05) is 13.8 Å². The fourth-order valence-electron chi connectivity index (χ4n) is 3.73. The lowest BCUT2D eigenvalue weighted by molar-refractivity contribution is -0.118. The summed E-state index contributed by atoms with van der Waals surface area (Å²) in [6.45, 7) is 3.59. The Balaban J connectivity index is 1.81. The normalized spacial score (nSPS) is 11.3. The molecule has 0 saturated heterocycles. The van der Waals surface area contributed by atoms with Crippen molar-refractivity contribution in [3.05, 3.63) is 66.0 Å². The second-order valence-corrected chi connectivity index (χ2v) is 8.69. The summed E-state index contributed by atoms with van der Waals surface area (Å²) in [6.07, 6.45) is 2.68. The van der Waals surface area contributed by atoms with E-state index in [2.05, 4.69) is 20.9 Å². The van der Waals surface area contributed by atoms with Crippen LogP contribution < -0.4 is 34.9 Å². The van der Waals surface area contributed by atoms with E-state index in [4.69, 9.17) is 18.9 Å². The van der Waals surface area contributed by atoms with Crippen LogP contribution in [0.15, 0.2) is 54.9 Å². The van der Waals surface area contributed by atoms with E-state index in [0.29, 0.717) is 34.4 Å². The SMILES string of the molecule is COc1ccc(NC(=O)c2ccncc2C(=O)N[C@H](C(=O)Nc2ccc(OC)cc2OC)C(C)C)c(OC)c1. The van der Waals surface area contributed by atoms with Crippen molar-refractivity contribution in [3.63, 3.8) is 0 Å². The molecule has 0 bridgehead atoms. The molecule has 11 heteroatoms. The molecule has 3 N–H and O–H groups in total. The number of hydrogen-bond acceptors (Lipinski definition) is 8. The molecule has 0 aliphatic rings. The van der Waals surface area contributed by atoms with Crippen LogP contribution in [0.4, 0.5) is 11.4 Å². The molecule has 39 heavy (non-hydrogen) atoms. The first-order chi connectivity index (χ1) is 18.7. The minimum Gasteiger partial charge on any atom is -0.497 e. The van der Waals surface area contributed by atoms with Gasteiger partial charge in [-0.2, -0.15) is 0 Å². The molecular formula is C28H32N4O7. The average molecular weight is 537 g/mol. The Morgan fingerprint density at radius 1 is 0.718 bits per heavy atom. The van der Waals surface area contributed by atoms with Gasteiger partial charge in [-0.15, -0.1) is 0 Å². The van der Waals surface area contributed by atoms with E-state index >= 15 is 0 Å². The third kappa shape index (κ3) is 6.95. The van der Waals surface area contributed by atoms with E-state index in [1.54, 1.807) is 50.2 Å². The van der Waals surface area contributed by atoms with Crippen LogP contribution in [0.1, 0.15) is 34.6 Å². The molecule has 3 rings (SSSR count). The van der Waals surface area contributed by atoms with Gasteiger partial charge < -0.3 is 34.9 Å². The van der Waals surface area contributed by atoms with E-state index in [1.807, 2.05) is 0 Å². The topological polar surface area (TPSA) is 137 Å². The van der Waals surface area contributed by atoms with Crippen molar-refractivity contribution in [1.82, 2.24) is 10.3 Å². The smallest absolute Gasteiger partial charge is 0.256 e. The third-order valence-corrected chi connectivity index (χ3v) is 5.87. The predicted octanol–water partition coefficient (Wildman–Crippen LogP) is 3.76. The van der Waals surface area contributed by atoms with Crippen LogP contribution in [0.3, 0.4) is 0 Å². The Morgan fingerprint density at radius 2 is 1.28 bits per heavy atom. The largest absolute Gasteiger partial charge is 0.497 e. The van der Waals surface area contributed by atoms with Gasteiger partial charge >= 0.3 is 0 Å². The molecule has 3 amide bonds. The molecule has 0 spiro atoms. The number of rotatable bonds is 11. The zero-order valence-corrected chi connectivity index (χ0v) is 22.7. The lowest BCUT2D eigenvalue weighted by Gasteiger charge is -2.23. The molecule has 0 saturated carbocycles. The lowest BCUT2D eigenvalue weighted by atomic mass is 10.0. The third-order valence-electron chi connectivity index (χ3n) is 5.87. The quantitative estimate of drug-likeness (QED) is 0.337. The highest BCUT2D eigenvalue weighted by Gasteiger charge is 2.28. The standard InChI is InChI=1S/C28H32N4O7/c1-16(2)25(28(35)31-22-10-8-18(37-4)14-24(22)39-6)32-27(34)20-15-29-12-11-19(20)26(33)30-21-9-7-17(36-3)13-23(21)38-5/h7-16,25H,1-6H3,(H,30,33)(H,31,35)(H,32,34)/t25-/m0/s1. The number of carbonyl (C=O) groups excluding carboxylic acids is 3. The van der Waals surface area contributed by atoms with E-state index in [-0.39, 0.29) is 17.0 Å². The highest BCUT2D eigenvalue weighted by Crippen LogP contribution is 2.30. The Bertz CT molecular complexity index is 1340. The maximum Gasteiger partial charge on any atom is 0.256 e. The van der Waals surface area contributed by atoms with Gasteiger partial charge in [0.1, 0.15) is 29.0 Å². The second kappa shape index (κ2) is 13.1. The number of aromatic nitrogens is 1. The molecule has 2 aromatic carbocycles.